The lowest BCUT2D eigenvalue weighted by Crippen LogP contribution is -2.36. The molecule has 4 heteroatoms. The average Bonchev–Trinajstić information content (AvgIpc) is 2.82. The van der Waals surface area contributed by atoms with Crippen LogP contribution < -0.4 is 10.6 Å². The molecule has 1 saturated heterocycles. The number of ether oxygens (including phenoxy) is 1. The maximum Gasteiger partial charge on any atom is 0.407 e. The lowest BCUT2D eigenvalue weighted by molar-refractivity contribution is 0.104. The van der Waals surface area contributed by atoms with Crippen molar-refractivity contribution in [2.75, 3.05) is 13.1 Å². The van der Waals surface area contributed by atoms with E-state index in [4.69, 9.17) is 4.74 Å². The quantitative estimate of drug-likeness (QED) is 0.839. The van der Waals surface area contributed by atoms with Gasteiger partial charge in [0.2, 0.25) is 0 Å². The van der Waals surface area contributed by atoms with Crippen LogP contribution in [0.2, 0.25) is 0 Å². The summed E-state index contributed by atoms with van der Waals surface area (Å²) in [7, 11) is 0. The van der Waals surface area contributed by atoms with Gasteiger partial charge in [0, 0.05) is 12.6 Å². The monoisotopic (exact) mass is 234 g/mol. The Labute approximate surface area is 101 Å². The molecule has 1 aromatic rings. The van der Waals surface area contributed by atoms with Crippen molar-refractivity contribution in [3.63, 3.8) is 0 Å². The minimum Gasteiger partial charge on any atom is -0.442 e. The molecule has 0 saturated carbocycles. The Kier molecular flexibility index (Phi) is 3.98. The first-order valence-corrected chi connectivity index (χ1v) is 5.98. The molecule has 1 amide bonds. The number of amides is 1. The van der Waals surface area contributed by atoms with E-state index in [9.17, 15) is 4.79 Å². The summed E-state index contributed by atoms with van der Waals surface area (Å²) in [6.45, 7) is 3.66. The zero-order valence-corrected chi connectivity index (χ0v) is 9.98. The van der Waals surface area contributed by atoms with Gasteiger partial charge in [0.15, 0.2) is 0 Å². The fourth-order valence-corrected chi connectivity index (χ4v) is 1.93. The first kappa shape index (κ1) is 11.9. The molecule has 1 aromatic carbocycles. The highest BCUT2D eigenvalue weighted by molar-refractivity contribution is 5.68. The summed E-state index contributed by atoms with van der Waals surface area (Å²) in [6, 6.07) is 9.93. The first-order valence-electron chi connectivity index (χ1n) is 5.98. The van der Waals surface area contributed by atoms with Crippen LogP contribution in [0.25, 0.3) is 0 Å². The highest BCUT2D eigenvalue weighted by Gasteiger charge is 2.18. The highest BCUT2D eigenvalue weighted by Crippen LogP contribution is 2.16. The normalized spacial score (nSPS) is 20.9. The minimum atomic E-state index is -0.338. The number of carbonyl (C=O) groups is 1. The number of rotatable bonds is 3. The maximum atomic E-state index is 11.6. The molecule has 0 aliphatic carbocycles. The van der Waals surface area contributed by atoms with E-state index in [1.54, 1.807) is 0 Å². The number of hydrogen-bond acceptors (Lipinski definition) is 3. The van der Waals surface area contributed by atoms with Gasteiger partial charge in [0.25, 0.3) is 0 Å². The molecule has 0 spiro atoms. The molecule has 2 N–H and O–H groups in total. The molecule has 4 nitrogen and oxygen atoms in total. The summed E-state index contributed by atoms with van der Waals surface area (Å²) in [5.41, 5.74) is 1.01. The van der Waals surface area contributed by atoms with Crippen LogP contribution in [0.1, 0.15) is 25.0 Å². The van der Waals surface area contributed by atoms with Gasteiger partial charge in [-0.2, -0.15) is 0 Å². The molecule has 0 radical (unpaired) electrons. The summed E-state index contributed by atoms with van der Waals surface area (Å²) >= 11 is 0. The molecule has 2 atom stereocenters. The van der Waals surface area contributed by atoms with Gasteiger partial charge in [-0.3, -0.25) is 0 Å². The van der Waals surface area contributed by atoms with Crippen molar-refractivity contribution in [2.24, 2.45) is 0 Å². The molecule has 1 aliphatic rings. The van der Waals surface area contributed by atoms with E-state index in [-0.39, 0.29) is 18.2 Å². The number of alkyl carbamates (subject to hydrolysis) is 1. The second-order valence-electron chi connectivity index (χ2n) is 4.29. The van der Waals surface area contributed by atoms with Gasteiger partial charge in [0.1, 0.15) is 6.10 Å². The zero-order chi connectivity index (χ0) is 12.1. The molecule has 0 bridgehead atoms. The smallest absolute Gasteiger partial charge is 0.407 e. The van der Waals surface area contributed by atoms with Crippen molar-refractivity contribution in [1.82, 2.24) is 10.6 Å². The lowest BCUT2D eigenvalue weighted by atomic mass is 10.1. The van der Waals surface area contributed by atoms with Gasteiger partial charge in [0.05, 0.1) is 0 Å². The second kappa shape index (κ2) is 5.68. The summed E-state index contributed by atoms with van der Waals surface area (Å²) in [6.07, 6.45) is 0.412. The second-order valence-corrected chi connectivity index (χ2v) is 4.29. The largest absolute Gasteiger partial charge is 0.442 e. The lowest BCUT2D eigenvalue weighted by Gasteiger charge is -2.16. The molecule has 1 heterocycles. The number of hydrogen-bond donors (Lipinski definition) is 2. The highest BCUT2D eigenvalue weighted by atomic mass is 16.6. The van der Waals surface area contributed by atoms with Gasteiger partial charge >= 0.3 is 6.09 Å². The predicted octanol–water partition coefficient (Wildman–Crippen LogP) is 1.84. The number of carbonyl (C=O) groups excluding carboxylic acids is 1. The van der Waals surface area contributed by atoms with Crippen LogP contribution in [0.4, 0.5) is 4.79 Å². The molecule has 2 rings (SSSR count). The third-order valence-corrected chi connectivity index (χ3v) is 2.94. The van der Waals surface area contributed by atoms with Crippen LogP contribution in [-0.4, -0.2) is 25.2 Å². The molecular weight excluding hydrogens is 216 g/mol. The summed E-state index contributed by atoms with van der Waals surface area (Å²) < 4.78 is 5.32. The standard InChI is InChI=1S/C13H18N2O2/c1-10(11-5-3-2-4-6-11)17-13(16)15-12-7-8-14-9-12/h2-6,10,12,14H,7-9H2,1H3,(H,15,16)/t10-,12?/m0/s1. The average molecular weight is 234 g/mol. The van der Waals surface area contributed by atoms with Crippen LogP contribution in [0, 0.1) is 0 Å². The van der Waals surface area contributed by atoms with Crippen molar-refractivity contribution < 1.29 is 9.53 Å². The number of nitrogens with one attached hydrogen (secondary N) is 2. The van der Waals surface area contributed by atoms with Gasteiger partial charge in [-0.25, -0.2) is 4.79 Å². The van der Waals surface area contributed by atoms with Crippen LogP contribution >= 0.6 is 0 Å². The van der Waals surface area contributed by atoms with Gasteiger partial charge < -0.3 is 15.4 Å². The molecule has 92 valence electrons. The van der Waals surface area contributed by atoms with Crippen molar-refractivity contribution in [3.8, 4) is 0 Å². The molecule has 0 aromatic heterocycles. The zero-order valence-electron chi connectivity index (χ0n) is 9.98. The molecule has 1 aliphatic heterocycles. The van der Waals surface area contributed by atoms with Crippen LogP contribution in [0.5, 0.6) is 0 Å². The Hall–Kier alpha value is -1.55. The van der Waals surface area contributed by atoms with E-state index in [0.717, 1.165) is 25.1 Å². The Bertz CT molecular complexity index is 361. The van der Waals surface area contributed by atoms with E-state index in [0.29, 0.717) is 0 Å². The Morgan fingerprint density at radius 2 is 2.24 bits per heavy atom. The van der Waals surface area contributed by atoms with E-state index >= 15 is 0 Å². The first-order chi connectivity index (χ1) is 8.25. The summed E-state index contributed by atoms with van der Waals surface area (Å²) in [5, 5.41) is 6.05. The minimum absolute atomic E-state index is 0.200. The molecular formula is C13H18N2O2. The van der Waals surface area contributed by atoms with Crippen LogP contribution in [0.3, 0.4) is 0 Å². The SMILES string of the molecule is C[C@H](OC(=O)NC1CCNC1)c1ccccc1. The number of benzene rings is 1. The summed E-state index contributed by atoms with van der Waals surface area (Å²) in [5.74, 6) is 0. The van der Waals surface area contributed by atoms with Crippen molar-refractivity contribution >= 4 is 6.09 Å². The van der Waals surface area contributed by atoms with Crippen LogP contribution in [-0.2, 0) is 4.74 Å². The van der Waals surface area contributed by atoms with E-state index in [2.05, 4.69) is 10.6 Å². The fourth-order valence-electron chi connectivity index (χ4n) is 1.93. The Morgan fingerprint density at radius 3 is 2.88 bits per heavy atom. The predicted molar refractivity (Wildman–Crippen MR) is 65.7 cm³/mol. The molecule has 1 fully saturated rings. The third kappa shape index (κ3) is 3.46. The molecule has 17 heavy (non-hydrogen) atoms. The fraction of sp³-hybridized carbons (Fsp3) is 0.462. The van der Waals surface area contributed by atoms with Crippen LogP contribution in [0.15, 0.2) is 30.3 Å². The van der Waals surface area contributed by atoms with E-state index < -0.39 is 0 Å². The van der Waals surface area contributed by atoms with Crippen molar-refractivity contribution in [3.05, 3.63) is 35.9 Å². The summed E-state index contributed by atoms with van der Waals surface area (Å²) in [4.78, 5) is 11.6. The van der Waals surface area contributed by atoms with Gasteiger partial charge in [-0.1, -0.05) is 30.3 Å². The van der Waals surface area contributed by atoms with E-state index in [1.807, 2.05) is 37.3 Å². The Balaban J connectivity index is 1.81. The molecule has 1 unspecified atom stereocenters. The maximum absolute atomic E-state index is 11.6. The van der Waals surface area contributed by atoms with Gasteiger partial charge in [-0.05, 0) is 25.5 Å². The third-order valence-electron chi connectivity index (χ3n) is 2.94. The Morgan fingerprint density at radius 1 is 1.47 bits per heavy atom. The topological polar surface area (TPSA) is 50.4 Å². The van der Waals surface area contributed by atoms with Crippen molar-refractivity contribution in [2.45, 2.75) is 25.5 Å². The van der Waals surface area contributed by atoms with E-state index in [1.165, 1.54) is 0 Å². The van der Waals surface area contributed by atoms with Gasteiger partial charge in [-0.15, -0.1) is 0 Å². The van der Waals surface area contributed by atoms with Crippen molar-refractivity contribution in [1.29, 1.82) is 0 Å².